The fraction of sp³-hybridized carbons (Fsp3) is 0.391. The van der Waals surface area contributed by atoms with E-state index in [0.29, 0.717) is 28.4 Å². The molecule has 0 fully saturated rings. The van der Waals surface area contributed by atoms with Gasteiger partial charge in [-0.15, -0.1) is 0 Å². The number of likely N-dealkylation sites (N-methyl/N-ethyl adjacent to an activating group) is 1. The maximum atomic E-state index is 14.5. The summed E-state index contributed by atoms with van der Waals surface area (Å²) in [6, 6.07) is 6.13. The van der Waals surface area contributed by atoms with Crippen molar-refractivity contribution >= 4 is 35.1 Å². The third-order valence-electron chi connectivity index (χ3n) is 10.4. The molecule has 2 heterocycles. The first kappa shape index (κ1) is 48.8. The van der Waals surface area contributed by atoms with Crippen LogP contribution in [0.25, 0.3) is 16.7 Å². The van der Waals surface area contributed by atoms with E-state index in [0.717, 1.165) is 16.0 Å². The molecule has 0 radical (unpaired) electrons. The lowest BCUT2D eigenvalue weighted by Crippen LogP contribution is -2.56. The number of phenolic OH excluding ortho intramolecular Hbond substituents is 1. The van der Waals surface area contributed by atoms with Gasteiger partial charge in [-0.05, 0) is 85.7 Å². The van der Waals surface area contributed by atoms with E-state index in [-0.39, 0.29) is 66.9 Å². The largest absolute Gasteiger partial charge is 0.507 e. The van der Waals surface area contributed by atoms with Crippen molar-refractivity contribution in [3.8, 4) is 28.7 Å². The molecule has 4 rings (SSSR count). The summed E-state index contributed by atoms with van der Waals surface area (Å²) in [5, 5.41) is 30.8. The second kappa shape index (κ2) is 21.8. The zero-order valence-corrected chi connectivity index (χ0v) is 36.9. The standard InChI is InChI=1S/C46H58N10O7/c1-9-31(46(5,6)7)13-10-26(2)40-51-25-34(27(3)52-40)42(59)54-35(16-17-47)45(62)56(8)39-30-12-15-38(63-21-19-49)33(24-30)32-22-29(11-14-37(32)57)23-36(43(60)50-20-18-48)55-41(58)28(4)53-44(39)61/h9-15,22,24-25,28,35-36,39,57H,1,16-17,19-21,23,47,49H2,2-8H3,(H,50,60)(H,53,61)(H,54,59)(H,55,58)/b26-10+,31-13+/t28-,35-,36-,39-/m0/s1. The number of nitriles is 1. The van der Waals surface area contributed by atoms with Gasteiger partial charge in [-0.25, -0.2) is 9.97 Å². The molecule has 63 heavy (non-hydrogen) atoms. The predicted octanol–water partition coefficient (Wildman–Crippen LogP) is 2.89. The monoisotopic (exact) mass is 862 g/mol. The molecule has 4 atom stereocenters. The average molecular weight is 863 g/mol. The molecule has 4 bridgehead atoms. The van der Waals surface area contributed by atoms with Crippen LogP contribution >= 0.6 is 0 Å². The third-order valence-corrected chi connectivity index (χ3v) is 10.4. The molecule has 0 saturated carbocycles. The van der Waals surface area contributed by atoms with Crippen LogP contribution in [-0.4, -0.2) is 101 Å². The van der Waals surface area contributed by atoms with Crippen molar-refractivity contribution < 1.29 is 33.8 Å². The number of aromatic nitrogens is 2. The van der Waals surface area contributed by atoms with Gasteiger partial charge in [-0.2, -0.15) is 5.26 Å². The molecule has 5 amide bonds. The van der Waals surface area contributed by atoms with Gasteiger partial charge in [0, 0.05) is 37.3 Å². The van der Waals surface area contributed by atoms with Crippen LogP contribution in [0.4, 0.5) is 0 Å². The Bertz CT molecular complexity index is 2330. The summed E-state index contributed by atoms with van der Waals surface area (Å²) in [7, 11) is 1.38. The van der Waals surface area contributed by atoms with Crippen molar-refractivity contribution in [3.63, 3.8) is 0 Å². The number of benzene rings is 2. The number of aryl methyl sites for hydroxylation is 1. The van der Waals surface area contributed by atoms with E-state index in [1.807, 2.05) is 25.1 Å². The van der Waals surface area contributed by atoms with Crippen LogP contribution in [0.5, 0.6) is 11.5 Å². The van der Waals surface area contributed by atoms with E-state index in [9.17, 15) is 29.1 Å². The predicted molar refractivity (Wildman–Crippen MR) is 239 cm³/mol. The smallest absolute Gasteiger partial charge is 0.255 e. The van der Waals surface area contributed by atoms with E-state index < -0.39 is 53.7 Å². The molecule has 17 heteroatoms. The zero-order chi connectivity index (χ0) is 46.6. The van der Waals surface area contributed by atoms with Gasteiger partial charge in [0.1, 0.15) is 48.8 Å². The van der Waals surface area contributed by atoms with Crippen molar-refractivity contribution in [1.82, 2.24) is 36.1 Å². The van der Waals surface area contributed by atoms with Crippen LogP contribution in [0, 0.1) is 23.7 Å². The summed E-state index contributed by atoms with van der Waals surface area (Å²) in [4.78, 5) is 79.7. The molecule has 1 aliphatic heterocycles. The van der Waals surface area contributed by atoms with Crippen LogP contribution in [0.2, 0.25) is 0 Å². The summed E-state index contributed by atoms with van der Waals surface area (Å²) in [6.45, 7) is 15.0. The molecule has 2 aromatic carbocycles. The maximum absolute atomic E-state index is 14.5. The Balaban J connectivity index is 1.76. The fourth-order valence-corrected chi connectivity index (χ4v) is 6.88. The summed E-state index contributed by atoms with van der Waals surface area (Å²) in [6.07, 6.45) is 6.96. The molecule has 334 valence electrons. The highest BCUT2D eigenvalue weighted by Gasteiger charge is 2.36. The number of fused-ring (bicyclic) bond motifs is 5. The maximum Gasteiger partial charge on any atom is 0.255 e. The molecule has 17 nitrogen and oxygen atoms in total. The highest BCUT2D eigenvalue weighted by atomic mass is 16.5. The van der Waals surface area contributed by atoms with Gasteiger partial charge in [0.2, 0.25) is 23.6 Å². The number of rotatable bonds is 14. The Hall–Kier alpha value is -6.90. The van der Waals surface area contributed by atoms with E-state index in [1.165, 1.54) is 26.2 Å². The number of carbonyl (C=O) groups is 5. The number of carbonyl (C=O) groups excluding carboxylic acids is 5. The average Bonchev–Trinajstić information content (AvgIpc) is 3.24. The number of nitrogens with one attached hydrogen (secondary N) is 4. The Kier molecular flexibility index (Phi) is 16.8. The number of allylic oxidation sites excluding steroid dienone is 5. The fourth-order valence-electron chi connectivity index (χ4n) is 6.88. The number of nitrogens with two attached hydrogens (primary N) is 2. The van der Waals surface area contributed by atoms with Gasteiger partial charge >= 0.3 is 0 Å². The number of nitrogens with zero attached hydrogens (tertiary/aromatic N) is 4. The molecule has 0 aliphatic carbocycles. The van der Waals surface area contributed by atoms with Crippen molar-refractivity contribution in [2.24, 2.45) is 16.9 Å². The lowest BCUT2D eigenvalue weighted by atomic mass is 9.86. The Labute approximate surface area is 368 Å². The Morgan fingerprint density at radius 2 is 1.83 bits per heavy atom. The van der Waals surface area contributed by atoms with Crippen LogP contribution < -0.4 is 37.5 Å². The lowest BCUT2D eigenvalue weighted by Gasteiger charge is -2.32. The van der Waals surface area contributed by atoms with Crippen LogP contribution in [-0.2, 0) is 25.6 Å². The number of hydrogen-bond donors (Lipinski definition) is 7. The minimum Gasteiger partial charge on any atom is -0.507 e. The van der Waals surface area contributed by atoms with Gasteiger partial charge in [0.05, 0.1) is 17.3 Å². The molecule has 1 aromatic heterocycles. The lowest BCUT2D eigenvalue weighted by molar-refractivity contribution is -0.141. The van der Waals surface area contributed by atoms with Gasteiger partial charge in [-0.1, -0.05) is 57.7 Å². The van der Waals surface area contributed by atoms with Crippen LogP contribution in [0.3, 0.4) is 0 Å². The molecule has 0 unspecified atom stereocenters. The first-order valence-electron chi connectivity index (χ1n) is 20.5. The van der Waals surface area contributed by atoms with Gasteiger partial charge in [0.25, 0.3) is 5.91 Å². The van der Waals surface area contributed by atoms with Crippen molar-refractivity contribution in [1.29, 1.82) is 5.26 Å². The molecule has 9 N–H and O–H groups in total. The normalized spacial score (nSPS) is 17.5. The molecule has 1 aliphatic rings. The summed E-state index contributed by atoms with van der Waals surface area (Å²) in [5.41, 5.74) is 15.3. The first-order chi connectivity index (χ1) is 29.8. The van der Waals surface area contributed by atoms with E-state index >= 15 is 0 Å². The first-order valence-corrected chi connectivity index (χ1v) is 20.5. The van der Waals surface area contributed by atoms with Crippen molar-refractivity contribution in [2.45, 2.75) is 78.6 Å². The highest BCUT2D eigenvalue weighted by molar-refractivity contribution is 6.00. The van der Waals surface area contributed by atoms with Gasteiger partial charge in [0.15, 0.2) is 5.82 Å². The molecular formula is C46H58N10O7. The molecule has 0 saturated heterocycles. The van der Waals surface area contributed by atoms with Crippen LogP contribution in [0.1, 0.15) is 80.1 Å². The number of amides is 5. The summed E-state index contributed by atoms with van der Waals surface area (Å²) in [5.74, 6) is -2.94. The minimum absolute atomic E-state index is 0.0121. The molecular weight excluding hydrogens is 805 g/mol. The zero-order valence-electron chi connectivity index (χ0n) is 36.9. The molecule has 3 aromatic rings. The third kappa shape index (κ3) is 12.4. The van der Waals surface area contributed by atoms with Gasteiger partial charge in [-0.3, -0.25) is 24.0 Å². The number of hydrogen-bond acceptors (Lipinski definition) is 12. The minimum atomic E-state index is -1.43. The van der Waals surface area contributed by atoms with Crippen molar-refractivity contribution in [3.05, 3.63) is 101 Å². The van der Waals surface area contributed by atoms with Crippen LogP contribution in [0.15, 0.2) is 73.0 Å². The molecule has 0 spiro atoms. The SMILES string of the molecule is C=C/C(=C\C=C(/C)c1ncc(C(=O)N[C@@H](CCN)C(=O)N(C)[C@@H]2C(=O)N[C@@H](C)C(=O)N[C@H](C(=O)NCC#N)Cc3ccc(O)c(c3)-c3cc2ccc3OCCN)c(C)n1)C(C)(C)C. The number of phenols is 1. The highest BCUT2D eigenvalue weighted by Crippen LogP contribution is 2.39. The summed E-state index contributed by atoms with van der Waals surface area (Å²) >= 11 is 0. The van der Waals surface area contributed by atoms with Crippen molar-refractivity contribution in [2.75, 3.05) is 33.3 Å². The Morgan fingerprint density at radius 1 is 1.10 bits per heavy atom. The van der Waals surface area contributed by atoms with Gasteiger partial charge < -0.3 is 47.5 Å². The second-order valence-electron chi connectivity index (χ2n) is 16.2. The summed E-state index contributed by atoms with van der Waals surface area (Å²) < 4.78 is 5.97. The second-order valence-corrected chi connectivity index (χ2v) is 16.2. The number of ether oxygens (including phenoxy) is 1. The van der Waals surface area contributed by atoms with E-state index in [2.05, 4.69) is 58.6 Å². The quantitative estimate of drug-likeness (QED) is 0.0912. The van der Waals surface area contributed by atoms with E-state index in [1.54, 1.807) is 43.3 Å². The topological polar surface area (TPSA) is 268 Å². The number of aromatic hydroxyl groups is 1. The Morgan fingerprint density at radius 3 is 2.46 bits per heavy atom. The van der Waals surface area contributed by atoms with E-state index in [4.69, 9.17) is 21.5 Å².